The van der Waals surface area contributed by atoms with Crippen LogP contribution in [0.1, 0.15) is 26.3 Å². The van der Waals surface area contributed by atoms with E-state index in [4.69, 9.17) is 18.9 Å². The summed E-state index contributed by atoms with van der Waals surface area (Å²) in [5.74, 6) is 1.27. The van der Waals surface area contributed by atoms with Gasteiger partial charge in [-0.05, 0) is 87.0 Å². The molecule has 0 radical (unpaired) electrons. The van der Waals surface area contributed by atoms with Gasteiger partial charge in [-0.2, -0.15) is 5.10 Å². The van der Waals surface area contributed by atoms with Gasteiger partial charge in [-0.3, -0.25) is 9.10 Å². The Bertz CT molecular complexity index is 1370. The monoisotopic (exact) mass is 555 g/mol. The Labute approximate surface area is 229 Å². The molecule has 0 aliphatic heterocycles. The van der Waals surface area contributed by atoms with E-state index in [2.05, 4.69) is 10.5 Å². The van der Waals surface area contributed by atoms with Crippen LogP contribution in [-0.2, 0) is 14.8 Å². The molecule has 11 heteroatoms. The number of methoxy groups -OCH3 is 2. The van der Waals surface area contributed by atoms with E-state index >= 15 is 0 Å². The molecule has 0 unspecified atom stereocenters. The molecule has 0 saturated heterocycles. The first-order valence-corrected chi connectivity index (χ1v) is 13.7. The van der Waals surface area contributed by atoms with Gasteiger partial charge in [0.1, 0.15) is 18.0 Å². The minimum Gasteiger partial charge on any atom is -0.494 e. The van der Waals surface area contributed by atoms with Gasteiger partial charge in [0.15, 0.2) is 11.5 Å². The van der Waals surface area contributed by atoms with Crippen molar-refractivity contribution in [3.8, 4) is 23.0 Å². The number of ether oxygens (including phenoxy) is 4. The second-order valence-corrected chi connectivity index (χ2v) is 10.3. The standard InChI is InChI=1S/C28H33N3O7S/c1-6-37-23-13-9-22(10-14-23)31(39(33,34)25-15-16-26(35-4)27(17-25)36-5)19-28(32)30-29-18-21-7-11-24(12-8-21)38-20(2)3/h7-18,20H,6,19H2,1-5H3,(H,30,32)/b29-18-. The molecule has 0 aliphatic carbocycles. The Hall–Kier alpha value is -4.25. The molecule has 0 aliphatic rings. The third-order valence-corrected chi connectivity index (χ3v) is 7.09. The summed E-state index contributed by atoms with van der Waals surface area (Å²) in [6, 6.07) is 17.8. The van der Waals surface area contributed by atoms with Crippen molar-refractivity contribution in [2.75, 3.05) is 31.7 Å². The SMILES string of the molecule is CCOc1ccc(N(CC(=O)N/N=C\c2ccc(OC(C)C)cc2)S(=O)(=O)c2ccc(OC)c(OC)c2)cc1. The number of amides is 1. The van der Waals surface area contributed by atoms with Gasteiger partial charge in [0.2, 0.25) is 0 Å². The molecule has 1 N–H and O–H groups in total. The highest BCUT2D eigenvalue weighted by Gasteiger charge is 2.28. The van der Waals surface area contributed by atoms with Gasteiger partial charge in [-0.15, -0.1) is 0 Å². The predicted molar refractivity (Wildman–Crippen MR) is 150 cm³/mol. The molecule has 3 aromatic carbocycles. The Morgan fingerprint density at radius 2 is 1.59 bits per heavy atom. The molecule has 0 fully saturated rings. The van der Waals surface area contributed by atoms with Crippen LogP contribution >= 0.6 is 0 Å². The minimum atomic E-state index is -4.19. The summed E-state index contributed by atoms with van der Waals surface area (Å²) in [7, 11) is -1.33. The quantitative estimate of drug-likeness (QED) is 0.248. The van der Waals surface area contributed by atoms with Crippen LogP contribution in [-0.4, -0.2) is 54.0 Å². The highest BCUT2D eigenvalue weighted by atomic mass is 32.2. The lowest BCUT2D eigenvalue weighted by Crippen LogP contribution is -2.39. The summed E-state index contributed by atoms with van der Waals surface area (Å²) in [5.41, 5.74) is 3.40. The van der Waals surface area contributed by atoms with Crippen molar-refractivity contribution in [2.45, 2.75) is 31.8 Å². The highest BCUT2D eigenvalue weighted by Crippen LogP contribution is 2.32. The largest absolute Gasteiger partial charge is 0.494 e. The predicted octanol–water partition coefficient (Wildman–Crippen LogP) is 4.24. The zero-order valence-corrected chi connectivity index (χ0v) is 23.4. The average molecular weight is 556 g/mol. The summed E-state index contributed by atoms with van der Waals surface area (Å²) in [5, 5.41) is 3.98. The number of hydrazone groups is 1. The zero-order valence-electron chi connectivity index (χ0n) is 22.6. The van der Waals surface area contributed by atoms with Crippen LogP contribution in [0.5, 0.6) is 23.0 Å². The normalized spacial score (nSPS) is 11.3. The van der Waals surface area contributed by atoms with Crippen molar-refractivity contribution in [1.82, 2.24) is 5.43 Å². The second-order valence-electron chi connectivity index (χ2n) is 8.48. The zero-order chi connectivity index (χ0) is 28.4. The fraction of sp³-hybridized carbons (Fsp3) is 0.286. The first-order valence-electron chi connectivity index (χ1n) is 12.2. The highest BCUT2D eigenvalue weighted by molar-refractivity contribution is 7.92. The number of hydrogen-bond donors (Lipinski definition) is 1. The van der Waals surface area contributed by atoms with Crippen LogP contribution in [0.15, 0.2) is 76.7 Å². The molecule has 3 rings (SSSR count). The Morgan fingerprint density at radius 1 is 0.949 bits per heavy atom. The average Bonchev–Trinajstić information content (AvgIpc) is 2.92. The van der Waals surface area contributed by atoms with Gasteiger partial charge < -0.3 is 18.9 Å². The maximum absolute atomic E-state index is 13.7. The summed E-state index contributed by atoms with van der Waals surface area (Å²) >= 11 is 0. The van der Waals surface area contributed by atoms with Gasteiger partial charge in [0.25, 0.3) is 15.9 Å². The Morgan fingerprint density at radius 3 is 2.18 bits per heavy atom. The molecule has 10 nitrogen and oxygen atoms in total. The van der Waals surface area contributed by atoms with Crippen molar-refractivity contribution in [3.63, 3.8) is 0 Å². The number of anilines is 1. The lowest BCUT2D eigenvalue weighted by Gasteiger charge is -2.24. The number of carbonyl (C=O) groups is 1. The first-order chi connectivity index (χ1) is 18.7. The lowest BCUT2D eigenvalue weighted by molar-refractivity contribution is -0.119. The molecule has 0 heterocycles. The number of rotatable bonds is 13. The first kappa shape index (κ1) is 29.3. The molecular formula is C28H33N3O7S. The van der Waals surface area contributed by atoms with E-state index in [0.29, 0.717) is 18.1 Å². The Kier molecular flexibility index (Phi) is 10.2. The number of sulfonamides is 1. The van der Waals surface area contributed by atoms with E-state index < -0.39 is 22.5 Å². The molecule has 0 spiro atoms. The number of carbonyl (C=O) groups excluding carboxylic acids is 1. The topological polar surface area (TPSA) is 116 Å². The Balaban J connectivity index is 1.84. The number of benzene rings is 3. The summed E-state index contributed by atoms with van der Waals surface area (Å²) in [4.78, 5) is 12.8. The van der Waals surface area contributed by atoms with Crippen LogP contribution in [0.3, 0.4) is 0 Å². The third-order valence-electron chi connectivity index (χ3n) is 5.32. The maximum Gasteiger partial charge on any atom is 0.264 e. The molecule has 39 heavy (non-hydrogen) atoms. The lowest BCUT2D eigenvalue weighted by atomic mass is 10.2. The van der Waals surface area contributed by atoms with E-state index in [0.717, 1.165) is 15.6 Å². The van der Waals surface area contributed by atoms with Gasteiger partial charge in [0.05, 0.1) is 43.7 Å². The van der Waals surface area contributed by atoms with E-state index in [9.17, 15) is 13.2 Å². The molecule has 0 atom stereocenters. The molecular weight excluding hydrogens is 522 g/mol. The molecule has 208 valence electrons. The molecule has 0 bridgehead atoms. The second kappa shape index (κ2) is 13.5. The van der Waals surface area contributed by atoms with Crippen LogP contribution in [0.2, 0.25) is 0 Å². The van der Waals surface area contributed by atoms with Crippen molar-refractivity contribution in [2.24, 2.45) is 5.10 Å². The smallest absolute Gasteiger partial charge is 0.264 e. The summed E-state index contributed by atoms with van der Waals surface area (Å²) in [6.45, 7) is 5.66. The van der Waals surface area contributed by atoms with Crippen molar-refractivity contribution < 1.29 is 32.2 Å². The molecule has 0 saturated carbocycles. The van der Waals surface area contributed by atoms with Gasteiger partial charge >= 0.3 is 0 Å². The van der Waals surface area contributed by atoms with E-state index in [1.807, 2.05) is 20.8 Å². The van der Waals surface area contributed by atoms with Crippen molar-refractivity contribution >= 4 is 27.8 Å². The van der Waals surface area contributed by atoms with Crippen LogP contribution in [0.4, 0.5) is 5.69 Å². The van der Waals surface area contributed by atoms with Crippen LogP contribution in [0.25, 0.3) is 0 Å². The van der Waals surface area contributed by atoms with Crippen molar-refractivity contribution in [3.05, 3.63) is 72.3 Å². The molecule has 0 aromatic heterocycles. The van der Waals surface area contributed by atoms with Gasteiger partial charge in [0, 0.05) is 6.07 Å². The summed E-state index contributed by atoms with van der Waals surface area (Å²) in [6.07, 6.45) is 1.51. The van der Waals surface area contributed by atoms with E-state index in [-0.39, 0.29) is 22.4 Å². The number of hydrogen-bond acceptors (Lipinski definition) is 8. The summed E-state index contributed by atoms with van der Waals surface area (Å²) < 4.78 is 50.0. The fourth-order valence-electron chi connectivity index (χ4n) is 3.54. The van der Waals surface area contributed by atoms with Crippen LogP contribution in [0, 0.1) is 0 Å². The maximum atomic E-state index is 13.7. The minimum absolute atomic E-state index is 0.0532. The van der Waals surface area contributed by atoms with Crippen molar-refractivity contribution in [1.29, 1.82) is 0 Å². The van der Waals surface area contributed by atoms with E-state index in [1.54, 1.807) is 48.5 Å². The van der Waals surface area contributed by atoms with Crippen LogP contribution < -0.4 is 28.7 Å². The molecule has 3 aromatic rings. The van der Waals surface area contributed by atoms with Gasteiger partial charge in [-0.25, -0.2) is 13.8 Å². The van der Waals surface area contributed by atoms with Gasteiger partial charge in [-0.1, -0.05) is 0 Å². The third kappa shape index (κ3) is 7.87. The fourth-order valence-corrected chi connectivity index (χ4v) is 4.98. The number of nitrogens with one attached hydrogen (secondary N) is 1. The van der Waals surface area contributed by atoms with E-state index in [1.165, 1.54) is 38.6 Å². The number of nitrogens with zero attached hydrogens (tertiary/aromatic N) is 2. The molecule has 1 amide bonds.